The van der Waals surface area contributed by atoms with Crippen molar-refractivity contribution < 1.29 is 14.6 Å². The number of ether oxygens (including phenoxy) is 1. The van der Waals surface area contributed by atoms with Gasteiger partial charge >= 0.3 is 5.97 Å². The number of carbonyl (C=O) groups excluding carboxylic acids is 1. The molecule has 1 unspecified atom stereocenters. The van der Waals surface area contributed by atoms with Crippen LogP contribution in [0.4, 0.5) is 0 Å². The number of methoxy groups -OCH3 is 1. The van der Waals surface area contributed by atoms with E-state index in [-0.39, 0.29) is 5.75 Å². The highest BCUT2D eigenvalue weighted by atomic mass is 79.9. The van der Waals surface area contributed by atoms with Crippen molar-refractivity contribution in [2.45, 2.75) is 17.4 Å². The Kier molecular flexibility index (Phi) is 4.83. The molecule has 0 aromatic heterocycles. The molecule has 1 rings (SSSR count). The summed E-state index contributed by atoms with van der Waals surface area (Å²) in [6.07, 6.45) is 0. The number of carbonyl (C=O) groups is 1. The van der Waals surface area contributed by atoms with Crippen LogP contribution in [-0.4, -0.2) is 29.5 Å². The minimum Gasteiger partial charge on any atom is -0.467 e. The predicted octanol–water partition coefficient (Wildman–Crippen LogP) is 2.47. The number of rotatable bonds is 4. The molecular formula is C11H13BrO3S. The predicted molar refractivity (Wildman–Crippen MR) is 67.5 cm³/mol. The monoisotopic (exact) mass is 304 g/mol. The van der Waals surface area contributed by atoms with Crippen LogP contribution in [0.25, 0.3) is 0 Å². The maximum atomic E-state index is 11.2. The molecule has 0 aliphatic carbocycles. The Morgan fingerprint density at radius 1 is 1.62 bits per heavy atom. The van der Waals surface area contributed by atoms with Gasteiger partial charge in [-0.1, -0.05) is 22.0 Å². The van der Waals surface area contributed by atoms with Crippen LogP contribution in [0, 0.1) is 0 Å². The number of esters is 1. The molecule has 0 fully saturated rings. The van der Waals surface area contributed by atoms with Crippen LogP contribution in [0.1, 0.15) is 6.92 Å². The SMILES string of the molecule is COC(=O)C(C)(O)CSc1cccc(Br)c1. The summed E-state index contributed by atoms with van der Waals surface area (Å²) in [5.41, 5.74) is -1.46. The first kappa shape index (κ1) is 13.5. The largest absolute Gasteiger partial charge is 0.467 e. The van der Waals surface area contributed by atoms with Crippen molar-refractivity contribution in [3.63, 3.8) is 0 Å². The molecular weight excluding hydrogens is 292 g/mol. The van der Waals surface area contributed by atoms with Gasteiger partial charge in [-0.05, 0) is 25.1 Å². The van der Waals surface area contributed by atoms with Gasteiger partial charge < -0.3 is 9.84 Å². The third kappa shape index (κ3) is 3.81. The minimum atomic E-state index is -1.46. The van der Waals surface area contributed by atoms with Crippen molar-refractivity contribution >= 4 is 33.7 Å². The van der Waals surface area contributed by atoms with Crippen LogP contribution in [0.3, 0.4) is 0 Å². The number of hydrogen-bond acceptors (Lipinski definition) is 4. The van der Waals surface area contributed by atoms with Crippen molar-refractivity contribution in [2.75, 3.05) is 12.9 Å². The van der Waals surface area contributed by atoms with Gasteiger partial charge in [-0.25, -0.2) is 4.79 Å². The second-order valence-electron chi connectivity index (χ2n) is 3.51. The maximum Gasteiger partial charge on any atom is 0.338 e. The highest BCUT2D eigenvalue weighted by molar-refractivity contribution is 9.10. The van der Waals surface area contributed by atoms with E-state index in [2.05, 4.69) is 20.7 Å². The van der Waals surface area contributed by atoms with E-state index in [1.807, 2.05) is 24.3 Å². The molecule has 5 heteroatoms. The Labute approximate surface area is 107 Å². The van der Waals surface area contributed by atoms with Gasteiger partial charge in [0.25, 0.3) is 0 Å². The molecule has 1 aromatic carbocycles. The third-order valence-corrected chi connectivity index (χ3v) is 3.73. The van der Waals surface area contributed by atoms with E-state index in [1.165, 1.54) is 25.8 Å². The molecule has 0 radical (unpaired) electrons. The number of halogens is 1. The Morgan fingerprint density at radius 3 is 2.88 bits per heavy atom. The fourth-order valence-electron chi connectivity index (χ4n) is 1.06. The molecule has 0 aliphatic rings. The van der Waals surface area contributed by atoms with Gasteiger partial charge in [0.15, 0.2) is 5.60 Å². The lowest BCUT2D eigenvalue weighted by Gasteiger charge is -2.19. The van der Waals surface area contributed by atoms with Gasteiger partial charge in [0, 0.05) is 15.1 Å². The van der Waals surface area contributed by atoms with Gasteiger partial charge in [0.2, 0.25) is 0 Å². The third-order valence-electron chi connectivity index (χ3n) is 1.94. The van der Waals surface area contributed by atoms with Gasteiger partial charge in [-0.2, -0.15) is 0 Å². The zero-order valence-electron chi connectivity index (χ0n) is 9.07. The summed E-state index contributed by atoms with van der Waals surface area (Å²) < 4.78 is 5.48. The van der Waals surface area contributed by atoms with Crippen molar-refractivity contribution in [3.8, 4) is 0 Å². The van der Waals surface area contributed by atoms with E-state index in [4.69, 9.17) is 0 Å². The van der Waals surface area contributed by atoms with Crippen LogP contribution in [0.5, 0.6) is 0 Å². The van der Waals surface area contributed by atoms with E-state index in [9.17, 15) is 9.90 Å². The Balaban J connectivity index is 2.61. The van der Waals surface area contributed by atoms with Crippen LogP contribution >= 0.6 is 27.7 Å². The van der Waals surface area contributed by atoms with Gasteiger partial charge in [0.05, 0.1) is 7.11 Å². The van der Waals surface area contributed by atoms with E-state index in [0.29, 0.717) is 0 Å². The summed E-state index contributed by atoms with van der Waals surface area (Å²) in [6.45, 7) is 1.45. The highest BCUT2D eigenvalue weighted by Gasteiger charge is 2.31. The van der Waals surface area contributed by atoms with Crippen LogP contribution in [-0.2, 0) is 9.53 Å². The topological polar surface area (TPSA) is 46.5 Å². The number of benzene rings is 1. The fraction of sp³-hybridized carbons (Fsp3) is 0.364. The standard InChI is InChI=1S/C11H13BrO3S/c1-11(14,10(13)15-2)7-16-9-5-3-4-8(12)6-9/h3-6,14H,7H2,1-2H3. The Morgan fingerprint density at radius 2 is 2.31 bits per heavy atom. The van der Waals surface area contributed by atoms with E-state index >= 15 is 0 Å². The number of hydrogen-bond donors (Lipinski definition) is 1. The van der Waals surface area contributed by atoms with Crippen molar-refractivity contribution in [3.05, 3.63) is 28.7 Å². The number of aliphatic hydroxyl groups is 1. The summed E-state index contributed by atoms with van der Waals surface area (Å²) in [5, 5.41) is 9.81. The lowest BCUT2D eigenvalue weighted by atomic mass is 10.1. The van der Waals surface area contributed by atoms with Crippen molar-refractivity contribution in [1.29, 1.82) is 0 Å². The van der Waals surface area contributed by atoms with Crippen molar-refractivity contribution in [1.82, 2.24) is 0 Å². The van der Waals surface area contributed by atoms with Gasteiger partial charge in [-0.3, -0.25) is 0 Å². The Bertz CT molecular complexity index is 379. The molecule has 0 amide bonds. The molecule has 1 atom stereocenters. The molecule has 0 saturated heterocycles. The second-order valence-corrected chi connectivity index (χ2v) is 5.48. The smallest absolute Gasteiger partial charge is 0.338 e. The number of thioether (sulfide) groups is 1. The van der Waals surface area contributed by atoms with E-state index in [0.717, 1.165) is 9.37 Å². The zero-order chi connectivity index (χ0) is 12.2. The first-order valence-corrected chi connectivity index (χ1v) is 6.43. The zero-order valence-corrected chi connectivity index (χ0v) is 11.5. The fourth-order valence-corrected chi connectivity index (χ4v) is 2.56. The summed E-state index contributed by atoms with van der Waals surface area (Å²) in [4.78, 5) is 12.2. The maximum absolute atomic E-state index is 11.2. The molecule has 88 valence electrons. The summed E-state index contributed by atoms with van der Waals surface area (Å²) >= 11 is 4.76. The lowest BCUT2D eigenvalue weighted by Crippen LogP contribution is -2.38. The van der Waals surface area contributed by atoms with Gasteiger partial charge in [-0.15, -0.1) is 11.8 Å². The summed E-state index contributed by atoms with van der Waals surface area (Å²) in [6, 6.07) is 7.67. The van der Waals surface area contributed by atoms with Gasteiger partial charge in [0.1, 0.15) is 0 Å². The molecule has 1 aromatic rings. The molecule has 0 aliphatic heterocycles. The molecule has 0 spiro atoms. The first-order chi connectivity index (χ1) is 7.45. The molecule has 0 bridgehead atoms. The Hall–Kier alpha value is -0.520. The highest BCUT2D eigenvalue weighted by Crippen LogP contribution is 2.25. The molecule has 1 N–H and O–H groups in total. The lowest BCUT2D eigenvalue weighted by molar-refractivity contribution is -0.158. The average Bonchev–Trinajstić information content (AvgIpc) is 2.25. The molecule has 0 saturated carbocycles. The van der Waals surface area contributed by atoms with Crippen molar-refractivity contribution in [2.24, 2.45) is 0 Å². The van der Waals surface area contributed by atoms with Crippen LogP contribution in [0.15, 0.2) is 33.6 Å². The minimum absolute atomic E-state index is 0.260. The molecule has 0 heterocycles. The van der Waals surface area contributed by atoms with E-state index < -0.39 is 11.6 Å². The molecule has 3 nitrogen and oxygen atoms in total. The van der Waals surface area contributed by atoms with Crippen LogP contribution in [0.2, 0.25) is 0 Å². The summed E-state index contributed by atoms with van der Waals surface area (Å²) in [7, 11) is 1.26. The quantitative estimate of drug-likeness (QED) is 0.686. The van der Waals surface area contributed by atoms with Crippen LogP contribution < -0.4 is 0 Å². The second kappa shape index (κ2) is 5.70. The van der Waals surface area contributed by atoms with E-state index in [1.54, 1.807) is 0 Å². The average molecular weight is 305 g/mol. The molecule has 16 heavy (non-hydrogen) atoms. The first-order valence-electron chi connectivity index (χ1n) is 4.65. The normalized spacial score (nSPS) is 14.2. The summed E-state index contributed by atoms with van der Waals surface area (Å²) in [5.74, 6) is -0.356.